The molecule has 8 rings (SSSR count). The van der Waals surface area contributed by atoms with Gasteiger partial charge in [-0.3, -0.25) is 43.2 Å². The average Bonchev–Trinajstić information content (AvgIpc) is 1.81. The molecule has 3 aromatic carbocycles. The highest BCUT2D eigenvalue weighted by molar-refractivity contribution is 6.37. The molecule has 9 amide bonds. The zero-order valence-electron chi connectivity index (χ0n) is 61.2. The van der Waals surface area contributed by atoms with E-state index < -0.39 is 96.0 Å². The van der Waals surface area contributed by atoms with Gasteiger partial charge in [0, 0.05) is 97.9 Å². The molecular weight excluding hydrogens is 1330 g/mol. The number of imide groups is 1. The fraction of sp³-hybridized carbons (Fsp3) is 0.581. The van der Waals surface area contributed by atoms with Crippen LogP contribution in [0.1, 0.15) is 142 Å². The van der Waals surface area contributed by atoms with E-state index >= 15 is 0 Å². The number of nitrogens with two attached hydrogens (primary N) is 1. The number of ether oxygens (including phenoxy) is 3. The number of likely N-dealkylation sites (N-methyl/N-ethyl adjacent to an activating group) is 4. The Kier molecular flexibility index (Phi) is 36.6. The van der Waals surface area contributed by atoms with Gasteiger partial charge in [0.25, 0.3) is 35.4 Å². The van der Waals surface area contributed by atoms with E-state index in [1.807, 2.05) is 113 Å². The lowest BCUT2D eigenvalue weighted by Crippen LogP contribution is -2.48. The summed E-state index contributed by atoms with van der Waals surface area (Å²) in [6.45, 7) is 15.4. The van der Waals surface area contributed by atoms with Gasteiger partial charge in [0.1, 0.15) is 44.2 Å². The lowest BCUT2D eigenvalue weighted by atomic mass is 9.87. The van der Waals surface area contributed by atoms with Crippen molar-refractivity contribution in [2.75, 3.05) is 54.4 Å². The summed E-state index contributed by atoms with van der Waals surface area (Å²) >= 11 is 0. The molecule has 5 heterocycles. The second-order valence-electron chi connectivity index (χ2n) is 27.5. The van der Waals surface area contributed by atoms with Crippen LogP contribution in [-0.2, 0) is 86.8 Å². The van der Waals surface area contributed by atoms with Crippen molar-refractivity contribution in [3.05, 3.63) is 108 Å². The van der Waals surface area contributed by atoms with E-state index in [0.717, 1.165) is 55.3 Å². The first-order valence-corrected chi connectivity index (χ1v) is 35.1. The molecule has 3 aromatic rings. The molecule has 0 aliphatic carbocycles. The molecule has 7 unspecified atom stereocenters. The van der Waals surface area contributed by atoms with E-state index in [4.69, 9.17) is 24.8 Å². The number of hydrogen-bond acceptors (Lipinski definition) is 21. The van der Waals surface area contributed by atoms with Crippen molar-refractivity contribution in [3.63, 3.8) is 0 Å². The van der Waals surface area contributed by atoms with E-state index in [1.54, 1.807) is 59.1 Å². The Morgan fingerprint density at radius 3 is 1.26 bits per heavy atom. The SMILES string of the molecule is CC(C)[C@H](NC(=O)OCc1ccccc1)C(=O)CC1CCCN(C)C(=O)C1=O.CC(C)[C@H](NC(=O)OCc1ccccc1)C(=O)CC1CCCN(C)C(=O)C1O.CC(C)[C@H](NC(=O)OCc1ccccc1)C(=O)ON1C(=O)CCC1=O.CC1CCCN(C)C(=O)C1O.CN1CCCC(N)C(O)C1=O. The zero-order chi connectivity index (χ0) is 76.6. The van der Waals surface area contributed by atoms with E-state index in [1.165, 1.54) is 14.7 Å². The maximum Gasteiger partial charge on any atom is 0.408 e. The molecule has 0 spiro atoms. The molecule has 0 bridgehead atoms. The van der Waals surface area contributed by atoms with Crippen molar-refractivity contribution in [1.82, 2.24) is 40.6 Å². The van der Waals surface area contributed by atoms with Gasteiger partial charge < -0.3 is 75.7 Å². The van der Waals surface area contributed by atoms with Gasteiger partial charge in [0.15, 0.2) is 11.6 Å². The van der Waals surface area contributed by atoms with Crippen LogP contribution < -0.4 is 21.7 Å². The Balaban J connectivity index is 0.000000285. The third kappa shape index (κ3) is 28.9. The number of rotatable bonds is 20. The Morgan fingerprint density at radius 1 is 0.476 bits per heavy atom. The van der Waals surface area contributed by atoms with Gasteiger partial charge in [-0.2, -0.15) is 0 Å². The van der Waals surface area contributed by atoms with Crippen LogP contribution in [-0.4, -0.2) is 214 Å². The number of ketones is 3. The van der Waals surface area contributed by atoms with E-state index in [0.29, 0.717) is 44.0 Å². The van der Waals surface area contributed by atoms with Crippen molar-refractivity contribution >= 4 is 77.0 Å². The first-order chi connectivity index (χ1) is 48.7. The summed E-state index contributed by atoms with van der Waals surface area (Å²) in [7, 11) is 6.66. The molecule has 5 aliphatic heterocycles. The number of carbonyl (C=O) groups is 13. The van der Waals surface area contributed by atoms with Crippen LogP contribution in [0.5, 0.6) is 0 Å². The van der Waals surface area contributed by atoms with E-state index in [9.17, 15) is 77.6 Å². The highest BCUT2D eigenvalue weighted by atomic mass is 16.7. The van der Waals surface area contributed by atoms with Gasteiger partial charge >= 0.3 is 24.2 Å². The number of amides is 9. The summed E-state index contributed by atoms with van der Waals surface area (Å²) < 4.78 is 15.5. The summed E-state index contributed by atoms with van der Waals surface area (Å²) in [4.78, 5) is 167. The normalized spacial score (nSPS) is 21.7. The fourth-order valence-electron chi connectivity index (χ4n) is 11.5. The van der Waals surface area contributed by atoms with Crippen LogP contribution in [0.15, 0.2) is 91.0 Å². The zero-order valence-corrected chi connectivity index (χ0v) is 61.2. The molecule has 0 aromatic heterocycles. The molecule has 29 nitrogen and oxygen atoms in total. The van der Waals surface area contributed by atoms with Crippen LogP contribution in [0.3, 0.4) is 0 Å². The maximum atomic E-state index is 12.8. The minimum absolute atomic E-state index is 0.00496. The summed E-state index contributed by atoms with van der Waals surface area (Å²) in [6.07, 6.45) is 0.927. The quantitative estimate of drug-likeness (QED) is 0.0436. The predicted octanol–water partition coefficient (Wildman–Crippen LogP) is 5.17. The summed E-state index contributed by atoms with van der Waals surface area (Å²) in [5.41, 5.74) is 8.03. The minimum Gasteiger partial charge on any atom is -0.445 e. The average molecular weight is 1440 g/mol. The lowest BCUT2D eigenvalue weighted by molar-refractivity contribution is -0.199. The van der Waals surface area contributed by atoms with Crippen molar-refractivity contribution in [1.29, 1.82) is 0 Å². The first kappa shape index (κ1) is 86.2. The molecule has 10 atom stereocenters. The minimum atomic E-state index is -1.19. The fourth-order valence-corrected chi connectivity index (χ4v) is 11.5. The molecule has 5 saturated heterocycles. The molecule has 103 heavy (non-hydrogen) atoms. The predicted molar refractivity (Wildman–Crippen MR) is 376 cm³/mol. The first-order valence-electron chi connectivity index (χ1n) is 35.1. The summed E-state index contributed by atoms with van der Waals surface area (Å²) in [5.74, 6) is -5.91. The lowest BCUT2D eigenvalue weighted by Gasteiger charge is -2.25. The van der Waals surface area contributed by atoms with E-state index in [2.05, 4.69) is 16.0 Å². The number of likely N-dealkylation sites (tertiary alicyclic amines) is 4. The number of nitrogens with one attached hydrogen (secondary N) is 3. The largest absolute Gasteiger partial charge is 0.445 e. The van der Waals surface area contributed by atoms with Gasteiger partial charge in [-0.1, -0.05) is 139 Å². The molecule has 5 aliphatic rings. The Labute approximate surface area is 603 Å². The molecule has 568 valence electrons. The van der Waals surface area contributed by atoms with Gasteiger partial charge in [-0.15, -0.1) is 5.06 Å². The van der Waals surface area contributed by atoms with Crippen molar-refractivity contribution in [2.24, 2.45) is 41.2 Å². The van der Waals surface area contributed by atoms with Crippen molar-refractivity contribution in [2.45, 2.75) is 188 Å². The van der Waals surface area contributed by atoms with Crippen LogP contribution >= 0.6 is 0 Å². The topological polar surface area (TPSA) is 398 Å². The molecule has 0 radical (unpaired) electrons. The number of aliphatic hydroxyl groups is 3. The maximum absolute atomic E-state index is 12.8. The van der Waals surface area contributed by atoms with Gasteiger partial charge in [-0.25, -0.2) is 19.2 Å². The smallest absolute Gasteiger partial charge is 0.408 e. The summed E-state index contributed by atoms with van der Waals surface area (Å²) in [6, 6.07) is 24.7. The van der Waals surface area contributed by atoms with Crippen LogP contribution in [0, 0.1) is 35.5 Å². The molecular formula is C74H107N9O20. The molecule has 8 N–H and O–H groups in total. The third-order valence-electron chi connectivity index (χ3n) is 18.0. The Morgan fingerprint density at radius 2 is 0.835 bits per heavy atom. The second kappa shape index (κ2) is 43.7. The van der Waals surface area contributed by atoms with Gasteiger partial charge in [0.05, 0.1) is 12.1 Å². The Hall–Kier alpha value is -9.19. The number of alkyl carbamates (subject to hydrolysis) is 3. The third-order valence-corrected chi connectivity index (χ3v) is 18.0. The van der Waals surface area contributed by atoms with Crippen LogP contribution in [0.2, 0.25) is 0 Å². The highest BCUT2D eigenvalue weighted by Crippen LogP contribution is 2.25. The molecule has 29 heteroatoms. The highest BCUT2D eigenvalue weighted by Gasteiger charge is 2.39. The number of nitrogens with zero attached hydrogens (tertiary/aromatic N) is 5. The van der Waals surface area contributed by atoms with Gasteiger partial charge in [0.2, 0.25) is 5.78 Å². The summed E-state index contributed by atoms with van der Waals surface area (Å²) in [5, 5.41) is 37.1. The number of benzene rings is 3. The van der Waals surface area contributed by atoms with E-state index in [-0.39, 0.29) is 105 Å². The molecule has 5 fully saturated rings. The monoisotopic (exact) mass is 1440 g/mol. The van der Waals surface area contributed by atoms with Crippen molar-refractivity contribution < 1.29 is 96.7 Å². The number of Topliss-reactive ketones (excluding diaryl/α,β-unsaturated/α-hetero) is 3. The Bertz CT molecular complexity index is 3240. The number of aliphatic hydroxyl groups excluding tert-OH is 3. The molecule has 0 saturated carbocycles. The number of carbonyl (C=O) groups excluding carboxylic acids is 13. The standard InChI is InChI=1S/C21H30N2O5.C21H28N2O5.C17H20N2O6.C8H15NO2.C7H14N2O2/c2*1-14(2)18(22-21(27)28-13-15-8-5-4-6-9-15)17(24)12-16-10-7-11-23(3)20(26)19(16)25;1-11(2)15(16(22)25-19-13(20)8-9-14(19)21)18-17(23)24-10-12-6-4-3-5-7-12;1-6-4-3-5-9(2)8(11)7(6)10;1-9-4-2-3-5(8)6(10)7(9)11/h4-6,8-9,14,16,18-19,25H,7,10-13H2,1-3H3,(H,22,27);4-6,8-9,14,16,18H,7,10-13H2,1-3H3,(H,22,27);3-7,11,15H,8-10H2,1-2H3,(H,18,23);6-7,10H,3-5H2,1-2H3;5-6,10H,2-4,8H2,1H3/t16?,18-,19?;16?,18-;15-;;/m000../s1. The van der Waals surface area contributed by atoms with Crippen molar-refractivity contribution in [3.8, 4) is 0 Å². The van der Waals surface area contributed by atoms with Crippen LogP contribution in [0.4, 0.5) is 14.4 Å². The van der Waals surface area contributed by atoms with Gasteiger partial charge in [-0.05, 0) is 91.7 Å². The number of hydroxylamine groups is 2. The number of hydrogen-bond donors (Lipinski definition) is 7. The van der Waals surface area contributed by atoms with Crippen LogP contribution in [0.25, 0.3) is 0 Å². The second-order valence-corrected chi connectivity index (χ2v) is 27.5.